The molecular formula is C33H37F5. The lowest BCUT2D eigenvalue weighted by atomic mass is 10.1. The highest BCUT2D eigenvalue weighted by Crippen LogP contribution is 2.18. The zero-order chi connectivity index (χ0) is 29.2. The van der Waals surface area contributed by atoms with E-state index < -0.39 is 23.3 Å². The summed E-state index contributed by atoms with van der Waals surface area (Å²) in [5.74, 6) is -1.96. The highest BCUT2D eigenvalue weighted by Gasteiger charge is 2.08. The second-order valence-electron chi connectivity index (χ2n) is 9.50. The monoisotopic (exact) mass is 528 g/mol. The van der Waals surface area contributed by atoms with Gasteiger partial charge in [0, 0.05) is 11.1 Å². The highest BCUT2D eigenvalue weighted by atomic mass is 19.1. The van der Waals surface area contributed by atoms with Crippen molar-refractivity contribution in [2.75, 3.05) is 0 Å². The Morgan fingerprint density at radius 3 is 1.16 bits per heavy atom. The van der Waals surface area contributed by atoms with Crippen LogP contribution >= 0.6 is 0 Å². The van der Waals surface area contributed by atoms with Crippen LogP contribution in [0, 0.1) is 91.4 Å². The summed E-state index contributed by atoms with van der Waals surface area (Å²) in [6.45, 7) is 15.7. The fourth-order valence-corrected chi connectivity index (χ4v) is 3.07. The van der Waals surface area contributed by atoms with Crippen LogP contribution in [-0.4, -0.2) is 0 Å². The first-order chi connectivity index (χ1) is 17.6. The molecule has 0 radical (unpaired) electrons. The van der Waals surface area contributed by atoms with Crippen molar-refractivity contribution in [2.45, 2.75) is 62.3 Å². The third-order valence-corrected chi connectivity index (χ3v) is 5.92. The maximum absolute atomic E-state index is 13.0. The zero-order valence-electron chi connectivity index (χ0n) is 23.7. The molecule has 0 aliphatic rings. The Kier molecular flexibility index (Phi) is 12.9. The van der Waals surface area contributed by atoms with Crippen molar-refractivity contribution in [1.82, 2.24) is 0 Å². The average Bonchev–Trinajstić information content (AvgIpc) is 2.85. The summed E-state index contributed by atoms with van der Waals surface area (Å²) in [6, 6.07) is 17.7. The molecule has 4 aromatic carbocycles. The van der Waals surface area contributed by atoms with E-state index in [1.807, 2.05) is 13.0 Å². The van der Waals surface area contributed by atoms with Gasteiger partial charge in [-0.25, -0.2) is 22.0 Å². The van der Waals surface area contributed by atoms with Gasteiger partial charge in [0.05, 0.1) is 0 Å². The molecule has 204 valence electrons. The Balaban J connectivity index is 0.000000255. The number of rotatable bonds is 0. The third kappa shape index (κ3) is 10.5. The smallest absolute Gasteiger partial charge is 0.132 e. The van der Waals surface area contributed by atoms with Crippen LogP contribution in [0.3, 0.4) is 0 Å². The molecule has 0 bridgehead atoms. The van der Waals surface area contributed by atoms with Crippen LogP contribution < -0.4 is 0 Å². The lowest BCUT2D eigenvalue weighted by Gasteiger charge is -2.04. The Labute approximate surface area is 224 Å². The van der Waals surface area contributed by atoms with Crippen molar-refractivity contribution >= 4 is 0 Å². The molecule has 0 aliphatic carbocycles. The number of hydrogen-bond acceptors (Lipinski definition) is 0. The van der Waals surface area contributed by atoms with Crippen LogP contribution in [0.25, 0.3) is 0 Å². The second kappa shape index (κ2) is 15.1. The highest BCUT2D eigenvalue weighted by molar-refractivity contribution is 5.32. The molecule has 4 aromatic rings. The van der Waals surface area contributed by atoms with E-state index in [0.29, 0.717) is 22.3 Å². The lowest BCUT2D eigenvalue weighted by Crippen LogP contribution is -1.95. The zero-order valence-corrected chi connectivity index (χ0v) is 23.7. The molecule has 0 nitrogen and oxygen atoms in total. The SMILES string of the molecule is Cc1cc(F)c(C)c(F)c1.Cc1cc(F)c(C)c(F)c1C.Cc1ccc(C)c(F)c1.Cc1ccc(C)cc1. The average molecular weight is 529 g/mol. The van der Waals surface area contributed by atoms with Gasteiger partial charge in [-0.2, -0.15) is 0 Å². The number of hydrogen-bond donors (Lipinski definition) is 0. The lowest BCUT2D eigenvalue weighted by molar-refractivity contribution is 0.560. The summed E-state index contributed by atoms with van der Waals surface area (Å²) in [5.41, 5.74) is 6.33. The molecule has 0 amide bonds. The number of benzene rings is 4. The van der Waals surface area contributed by atoms with Crippen molar-refractivity contribution in [3.05, 3.63) is 140 Å². The van der Waals surface area contributed by atoms with Crippen molar-refractivity contribution in [3.63, 3.8) is 0 Å². The van der Waals surface area contributed by atoms with E-state index in [9.17, 15) is 22.0 Å². The van der Waals surface area contributed by atoms with Crippen LogP contribution in [0.5, 0.6) is 0 Å². The Morgan fingerprint density at radius 2 is 0.737 bits per heavy atom. The van der Waals surface area contributed by atoms with Gasteiger partial charge < -0.3 is 0 Å². The van der Waals surface area contributed by atoms with Gasteiger partial charge >= 0.3 is 0 Å². The van der Waals surface area contributed by atoms with Gasteiger partial charge in [-0.3, -0.25) is 0 Å². The van der Waals surface area contributed by atoms with Crippen molar-refractivity contribution in [2.24, 2.45) is 0 Å². The molecule has 0 aromatic heterocycles. The molecule has 0 unspecified atom stereocenters. The fraction of sp³-hybridized carbons (Fsp3) is 0.273. The van der Waals surface area contributed by atoms with Gasteiger partial charge in [0.2, 0.25) is 0 Å². The summed E-state index contributed by atoms with van der Waals surface area (Å²) in [4.78, 5) is 0. The summed E-state index contributed by atoms with van der Waals surface area (Å²) < 4.78 is 63.6. The summed E-state index contributed by atoms with van der Waals surface area (Å²) >= 11 is 0. The minimum Gasteiger partial charge on any atom is -0.207 e. The van der Waals surface area contributed by atoms with Gasteiger partial charge in [-0.15, -0.1) is 0 Å². The van der Waals surface area contributed by atoms with E-state index in [1.165, 1.54) is 49.2 Å². The van der Waals surface area contributed by atoms with Gasteiger partial charge in [-0.05, 0) is 114 Å². The standard InChI is InChI=1S/C9H10F2.C8H8F2.C8H9F.C8H10/c1-5-4-8(10)7(3)9(11)6(5)2;1-5-3-7(9)6(2)8(10)4-5;1-6-3-4-7(2)8(9)5-6;1-7-3-5-8(2)6-4-7/h4H,1-3H3;3-4H,1-2H3;3-5H,1-2H3;3-6H,1-2H3. The van der Waals surface area contributed by atoms with E-state index in [1.54, 1.807) is 33.8 Å². The Hall–Kier alpha value is -3.47. The molecule has 0 aliphatic heterocycles. The van der Waals surface area contributed by atoms with E-state index in [4.69, 9.17) is 0 Å². The third-order valence-electron chi connectivity index (χ3n) is 5.92. The van der Waals surface area contributed by atoms with E-state index in [0.717, 1.165) is 5.56 Å². The van der Waals surface area contributed by atoms with Gasteiger partial charge in [0.25, 0.3) is 0 Å². The predicted molar refractivity (Wildman–Crippen MR) is 148 cm³/mol. The van der Waals surface area contributed by atoms with Gasteiger partial charge in [-0.1, -0.05) is 47.5 Å². The van der Waals surface area contributed by atoms with Crippen molar-refractivity contribution < 1.29 is 22.0 Å². The van der Waals surface area contributed by atoms with Crippen LogP contribution in [0.4, 0.5) is 22.0 Å². The second-order valence-corrected chi connectivity index (χ2v) is 9.50. The first-order valence-corrected chi connectivity index (χ1v) is 12.2. The molecule has 38 heavy (non-hydrogen) atoms. The minimum atomic E-state index is -0.475. The molecule has 0 fully saturated rings. The molecule has 5 heteroatoms. The largest absolute Gasteiger partial charge is 0.207 e. The van der Waals surface area contributed by atoms with E-state index >= 15 is 0 Å². The van der Waals surface area contributed by atoms with Gasteiger partial charge in [0.15, 0.2) is 0 Å². The minimum absolute atomic E-state index is 0.0885. The van der Waals surface area contributed by atoms with Crippen molar-refractivity contribution in [1.29, 1.82) is 0 Å². The molecular weight excluding hydrogens is 491 g/mol. The summed E-state index contributed by atoms with van der Waals surface area (Å²) in [6.07, 6.45) is 0. The fourth-order valence-electron chi connectivity index (χ4n) is 3.07. The quantitative estimate of drug-likeness (QED) is 0.199. The molecule has 0 N–H and O–H groups in total. The number of aryl methyl sites for hydroxylation is 6. The molecule has 0 spiro atoms. The maximum Gasteiger partial charge on any atom is 0.132 e. The van der Waals surface area contributed by atoms with Crippen LogP contribution in [0.1, 0.15) is 50.1 Å². The van der Waals surface area contributed by atoms with Gasteiger partial charge in [0.1, 0.15) is 29.1 Å². The van der Waals surface area contributed by atoms with Crippen LogP contribution in [0.2, 0.25) is 0 Å². The topological polar surface area (TPSA) is 0 Å². The summed E-state index contributed by atoms with van der Waals surface area (Å²) in [5, 5.41) is 0. The van der Waals surface area contributed by atoms with E-state index in [2.05, 4.69) is 38.1 Å². The normalized spacial score (nSPS) is 9.84. The Morgan fingerprint density at radius 1 is 0.342 bits per heavy atom. The van der Waals surface area contributed by atoms with Crippen molar-refractivity contribution in [3.8, 4) is 0 Å². The first-order valence-electron chi connectivity index (χ1n) is 12.2. The van der Waals surface area contributed by atoms with Crippen LogP contribution in [0.15, 0.2) is 60.7 Å². The van der Waals surface area contributed by atoms with Crippen LogP contribution in [-0.2, 0) is 0 Å². The summed E-state index contributed by atoms with van der Waals surface area (Å²) in [7, 11) is 0. The predicted octanol–water partition coefficient (Wildman–Crippen LogP) is 10.2. The number of halogens is 5. The maximum atomic E-state index is 13.0. The molecule has 0 heterocycles. The molecule has 0 saturated carbocycles. The molecule has 0 saturated heterocycles. The molecule has 0 atom stereocenters. The van der Waals surface area contributed by atoms with E-state index in [-0.39, 0.29) is 16.9 Å². The first kappa shape index (κ1) is 32.6. The Bertz CT molecular complexity index is 1270. The molecule has 4 rings (SSSR count).